The van der Waals surface area contributed by atoms with Gasteiger partial charge >= 0.3 is 6.18 Å². The van der Waals surface area contributed by atoms with Crippen molar-refractivity contribution < 1.29 is 22.8 Å². The molecule has 1 aliphatic heterocycles. The van der Waals surface area contributed by atoms with Gasteiger partial charge in [-0.15, -0.1) is 11.3 Å². The van der Waals surface area contributed by atoms with Crippen molar-refractivity contribution in [2.24, 2.45) is 11.8 Å². The molecule has 0 radical (unpaired) electrons. The third-order valence-electron chi connectivity index (χ3n) is 5.52. The summed E-state index contributed by atoms with van der Waals surface area (Å²) in [5.41, 5.74) is -0.136. The quantitative estimate of drug-likeness (QED) is 0.757. The second kappa shape index (κ2) is 8.37. The fraction of sp³-hybridized carbons (Fsp3) is 0.476. The summed E-state index contributed by atoms with van der Waals surface area (Å²) in [5.74, 6) is 0.131. The van der Waals surface area contributed by atoms with E-state index in [9.17, 15) is 22.8 Å². The maximum absolute atomic E-state index is 12.9. The highest BCUT2D eigenvalue weighted by Crippen LogP contribution is 2.33. The number of likely N-dealkylation sites (tertiary alicyclic amines) is 1. The number of hydrogen-bond donors (Lipinski definition) is 1. The van der Waals surface area contributed by atoms with E-state index < -0.39 is 11.7 Å². The van der Waals surface area contributed by atoms with Crippen LogP contribution in [-0.2, 0) is 22.2 Å². The molecule has 1 aromatic carbocycles. The van der Waals surface area contributed by atoms with Crippen LogP contribution in [0, 0.1) is 11.8 Å². The predicted octanol–water partition coefficient (Wildman–Crippen LogP) is 4.34. The van der Waals surface area contributed by atoms with Crippen molar-refractivity contribution in [3.63, 3.8) is 0 Å². The average Bonchev–Trinajstić information content (AvgIpc) is 3.48. The summed E-state index contributed by atoms with van der Waals surface area (Å²) in [4.78, 5) is 31.5. The third kappa shape index (κ3) is 5.00. The minimum atomic E-state index is -4.37. The molecule has 9 heteroatoms. The van der Waals surface area contributed by atoms with E-state index in [1.807, 2.05) is 4.90 Å². The van der Waals surface area contributed by atoms with E-state index in [1.54, 1.807) is 12.3 Å². The van der Waals surface area contributed by atoms with Crippen molar-refractivity contribution in [2.45, 2.75) is 38.3 Å². The Balaban J connectivity index is 1.30. The van der Waals surface area contributed by atoms with Gasteiger partial charge in [-0.05, 0) is 37.3 Å². The molecule has 0 spiro atoms. The normalized spacial score (nSPS) is 17.8. The molecule has 5 nitrogen and oxygen atoms in total. The van der Waals surface area contributed by atoms with Crippen molar-refractivity contribution in [3.8, 4) is 0 Å². The van der Waals surface area contributed by atoms with Gasteiger partial charge in [-0.2, -0.15) is 13.2 Å². The summed E-state index contributed by atoms with van der Waals surface area (Å²) in [7, 11) is 0. The topological polar surface area (TPSA) is 62.3 Å². The molecule has 0 unspecified atom stereocenters. The maximum atomic E-state index is 12.9. The molecular weight excluding hydrogens is 415 g/mol. The molecule has 1 saturated carbocycles. The minimum Gasteiger partial charge on any atom is -0.342 e. The first-order valence-electron chi connectivity index (χ1n) is 10.00. The third-order valence-corrected chi connectivity index (χ3v) is 6.43. The lowest BCUT2D eigenvalue weighted by atomic mass is 9.95. The number of nitrogens with zero attached hydrogens (tertiary/aromatic N) is 2. The van der Waals surface area contributed by atoms with Crippen LogP contribution in [0.1, 0.15) is 41.7 Å². The van der Waals surface area contributed by atoms with Crippen molar-refractivity contribution in [1.82, 2.24) is 9.88 Å². The number of nitrogens with one attached hydrogen (secondary N) is 1. The zero-order valence-corrected chi connectivity index (χ0v) is 17.1. The SMILES string of the molecule is O=C(Nc1ncc(Cc2cccc(C(F)(F)F)c2)s1)C1CCN(C(=O)C2CC2)CC1. The van der Waals surface area contributed by atoms with Gasteiger partial charge in [0, 0.05) is 42.4 Å². The summed E-state index contributed by atoms with van der Waals surface area (Å²) in [6.45, 7) is 1.21. The number of thiazole rings is 1. The minimum absolute atomic E-state index is 0.117. The molecular formula is C21H22F3N3O2S. The molecule has 2 heterocycles. The first kappa shape index (κ1) is 20.8. The van der Waals surface area contributed by atoms with E-state index >= 15 is 0 Å². The number of anilines is 1. The second-order valence-electron chi connectivity index (χ2n) is 7.87. The van der Waals surface area contributed by atoms with E-state index in [1.165, 1.54) is 17.4 Å². The van der Waals surface area contributed by atoms with Gasteiger partial charge < -0.3 is 10.2 Å². The number of halogens is 3. The predicted molar refractivity (Wildman–Crippen MR) is 107 cm³/mol. The van der Waals surface area contributed by atoms with Crippen molar-refractivity contribution >= 4 is 28.3 Å². The van der Waals surface area contributed by atoms with E-state index in [0.29, 0.717) is 43.0 Å². The molecule has 2 amide bonds. The molecule has 30 heavy (non-hydrogen) atoms. The van der Waals surface area contributed by atoms with Crippen LogP contribution in [-0.4, -0.2) is 34.8 Å². The number of benzene rings is 1. The van der Waals surface area contributed by atoms with Gasteiger partial charge in [0.15, 0.2) is 5.13 Å². The van der Waals surface area contributed by atoms with E-state index in [2.05, 4.69) is 10.3 Å². The lowest BCUT2D eigenvalue weighted by Crippen LogP contribution is -2.42. The number of carbonyl (C=O) groups is 2. The highest BCUT2D eigenvalue weighted by molar-refractivity contribution is 7.15. The monoisotopic (exact) mass is 437 g/mol. The standard InChI is InChI=1S/C21H22F3N3O2S/c22-21(23,24)16-3-1-2-13(10-16)11-17-12-25-20(30-17)26-18(28)14-6-8-27(9-7-14)19(29)15-4-5-15/h1-3,10,12,14-15H,4-9,11H2,(H,25,26,28). The molecule has 2 aromatic rings. The molecule has 0 bridgehead atoms. The number of rotatable bonds is 5. The van der Waals surface area contributed by atoms with Crippen LogP contribution in [0.4, 0.5) is 18.3 Å². The first-order chi connectivity index (χ1) is 14.3. The van der Waals surface area contributed by atoms with E-state index in [4.69, 9.17) is 0 Å². The largest absolute Gasteiger partial charge is 0.416 e. The average molecular weight is 437 g/mol. The fourth-order valence-electron chi connectivity index (χ4n) is 3.66. The number of amides is 2. The van der Waals surface area contributed by atoms with Gasteiger partial charge in [-0.3, -0.25) is 9.59 Å². The molecule has 160 valence electrons. The zero-order valence-electron chi connectivity index (χ0n) is 16.2. The summed E-state index contributed by atoms with van der Waals surface area (Å²) in [6, 6.07) is 5.21. The van der Waals surface area contributed by atoms with Crippen LogP contribution in [0.2, 0.25) is 0 Å². The Morgan fingerprint density at radius 3 is 2.53 bits per heavy atom. The summed E-state index contributed by atoms with van der Waals surface area (Å²) < 4.78 is 38.6. The van der Waals surface area contributed by atoms with Crippen LogP contribution >= 0.6 is 11.3 Å². The Morgan fingerprint density at radius 2 is 1.87 bits per heavy atom. The molecule has 4 rings (SSSR count). The van der Waals surface area contributed by atoms with Gasteiger partial charge in [0.2, 0.25) is 11.8 Å². The number of alkyl halides is 3. The molecule has 1 aliphatic carbocycles. The highest BCUT2D eigenvalue weighted by atomic mass is 32.1. The number of aromatic nitrogens is 1. The molecule has 2 aliphatic rings. The van der Waals surface area contributed by atoms with Gasteiger partial charge in [0.25, 0.3) is 0 Å². The summed E-state index contributed by atoms with van der Waals surface area (Å²) in [6.07, 6.45) is 0.746. The lowest BCUT2D eigenvalue weighted by molar-refractivity contribution is -0.137. The Bertz CT molecular complexity index is 932. The van der Waals surface area contributed by atoms with Crippen LogP contribution in [0.3, 0.4) is 0 Å². The van der Waals surface area contributed by atoms with Crippen LogP contribution in [0.5, 0.6) is 0 Å². The van der Waals surface area contributed by atoms with Gasteiger partial charge in [0.1, 0.15) is 0 Å². The van der Waals surface area contributed by atoms with Gasteiger partial charge in [-0.1, -0.05) is 18.2 Å². The Labute approximate surface area is 176 Å². The summed E-state index contributed by atoms with van der Waals surface area (Å²) in [5, 5.41) is 3.26. The second-order valence-corrected chi connectivity index (χ2v) is 8.98. The lowest BCUT2D eigenvalue weighted by Gasteiger charge is -2.31. The van der Waals surface area contributed by atoms with Gasteiger partial charge in [-0.25, -0.2) is 4.98 Å². The Morgan fingerprint density at radius 1 is 1.13 bits per heavy atom. The molecule has 1 N–H and O–H groups in total. The first-order valence-corrected chi connectivity index (χ1v) is 10.8. The molecule has 2 fully saturated rings. The molecule has 0 atom stereocenters. The Hall–Kier alpha value is -2.42. The smallest absolute Gasteiger partial charge is 0.342 e. The van der Waals surface area contributed by atoms with Crippen molar-refractivity contribution in [3.05, 3.63) is 46.5 Å². The Kier molecular flexibility index (Phi) is 5.81. The maximum Gasteiger partial charge on any atom is 0.416 e. The number of hydrogen-bond acceptors (Lipinski definition) is 4. The van der Waals surface area contributed by atoms with Crippen molar-refractivity contribution in [2.75, 3.05) is 18.4 Å². The molecule has 1 saturated heterocycles. The highest BCUT2D eigenvalue weighted by Gasteiger charge is 2.36. The van der Waals surface area contributed by atoms with Crippen LogP contribution in [0.25, 0.3) is 0 Å². The summed E-state index contributed by atoms with van der Waals surface area (Å²) >= 11 is 1.26. The number of piperidine rings is 1. The van der Waals surface area contributed by atoms with Crippen LogP contribution < -0.4 is 5.32 Å². The van der Waals surface area contributed by atoms with Crippen molar-refractivity contribution in [1.29, 1.82) is 0 Å². The van der Waals surface area contributed by atoms with Gasteiger partial charge in [0.05, 0.1) is 5.56 Å². The van der Waals surface area contributed by atoms with Crippen LogP contribution in [0.15, 0.2) is 30.5 Å². The number of carbonyl (C=O) groups excluding carboxylic acids is 2. The van der Waals surface area contributed by atoms with E-state index in [0.717, 1.165) is 29.9 Å². The fourth-order valence-corrected chi connectivity index (χ4v) is 4.51. The molecule has 1 aromatic heterocycles. The zero-order chi connectivity index (χ0) is 21.3. The van der Waals surface area contributed by atoms with E-state index in [-0.39, 0.29) is 23.7 Å².